The van der Waals surface area contributed by atoms with E-state index in [0.29, 0.717) is 21.3 Å². The number of H-pyrrole nitrogens is 1. The van der Waals surface area contributed by atoms with Crippen molar-refractivity contribution in [3.05, 3.63) is 83.7 Å². The molecule has 244 valence electrons. The molecular weight excluding hydrogens is 585 g/mol. The molecule has 0 saturated heterocycles. The fourth-order valence-electron chi connectivity index (χ4n) is 4.78. The number of anilines is 2. The third kappa shape index (κ3) is 13.2. The summed E-state index contributed by atoms with van der Waals surface area (Å²) in [5, 5.41) is 2.80. The number of hydrogen-bond donors (Lipinski definition) is 1. The van der Waals surface area contributed by atoms with Gasteiger partial charge in [0.15, 0.2) is 0 Å². The van der Waals surface area contributed by atoms with Gasteiger partial charge in [-0.1, -0.05) is 115 Å². The van der Waals surface area contributed by atoms with Crippen LogP contribution in [0.2, 0.25) is 10.0 Å². The monoisotopic (exact) mass is 641 g/mol. The van der Waals surface area contributed by atoms with Gasteiger partial charge in [-0.05, 0) is 99.7 Å². The molecule has 0 spiro atoms. The van der Waals surface area contributed by atoms with Gasteiger partial charge in [-0.15, -0.1) is 0 Å². The Morgan fingerprint density at radius 2 is 1.52 bits per heavy atom. The minimum Gasteiger partial charge on any atom is -0.325 e. The lowest BCUT2D eigenvalue weighted by Gasteiger charge is -2.26. The first-order chi connectivity index (χ1) is 20.6. The zero-order valence-electron chi connectivity index (χ0n) is 29.3. The Morgan fingerprint density at radius 1 is 0.886 bits per heavy atom. The van der Waals surface area contributed by atoms with Gasteiger partial charge in [-0.3, -0.25) is 0 Å². The first-order valence-electron chi connectivity index (χ1n) is 16.1. The number of benzene rings is 2. The maximum absolute atomic E-state index is 12.1. The van der Waals surface area contributed by atoms with Crippen LogP contribution in [0.1, 0.15) is 116 Å². The Labute approximate surface area is 277 Å². The smallest absolute Gasteiger partial charge is 0.325 e. The van der Waals surface area contributed by atoms with Crippen molar-refractivity contribution in [2.45, 2.75) is 121 Å². The Morgan fingerprint density at radius 3 is 2.05 bits per heavy atom. The Hall–Kier alpha value is -2.56. The molecule has 0 amide bonds. The molecule has 0 saturated carbocycles. The first-order valence-corrected chi connectivity index (χ1v) is 16.9. The predicted molar refractivity (Wildman–Crippen MR) is 196 cm³/mol. The van der Waals surface area contributed by atoms with Crippen LogP contribution < -0.4 is 21.2 Å². The molecule has 4 nitrogen and oxygen atoms in total. The number of unbranched alkanes of at least 4 members (excludes halogenated alkanes) is 3. The highest BCUT2D eigenvalue weighted by atomic mass is 35.5. The van der Waals surface area contributed by atoms with Gasteiger partial charge in [0, 0.05) is 17.5 Å². The van der Waals surface area contributed by atoms with Gasteiger partial charge in [-0.25, -0.2) is 4.79 Å². The summed E-state index contributed by atoms with van der Waals surface area (Å²) in [4.78, 5) is 21.2. The quantitative estimate of drug-likeness (QED) is 0.236. The first kappa shape index (κ1) is 39.5. The number of hydrogen-bond acceptors (Lipinski definition) is 3. The molecule has 0 atom stereocenters. The SMILES string of the molecule is C=c1c(N(CCC)c2cc(C)c(C)cc2C)nc(=O)[nH]c1=C(C)C.CCCCCCC(C)(C)C.CCc1ccc(Cl)c(Cl)c1. The Kier molecular flexibility index (Phi) is 17.1. The van der Waals surface area contributed by atoms with Gasteiger partial charge in [0.25, 0.3) is 0 Å². The normalized spacial score (nSPS) is 10.8. The standard InChI is InChI=1S/C20H27N3O.C10H22.C8H8Cl2/c1-8-9-23(17-11-14(5)13(4)10-15(17)6)19-16(7)18(12(2)3)21-20(24)22-19;1-5-6-7-8-9-10(2,3)4;1-2-6-3-4-7(9)8(10)5-6/h10-11H,7-9H2,1-6H3,(H,21,24);5-9H2,1-4H3;3-5H,2H2,1H3. The highest BCUT2D eigenvalue weighted by Crippen LogP contribution is 2.28. The molecule has 44 heavy (non-hydrogen) atoms. The Bertz CT molecular complexity index is 1500. The number of aromatic nitrogens is 2. The minimum absolute atomic E-state index is 0.337. The number of halogens is 2. The molecule has 0 bridgehead atoms. The summed E-state index contributed by atoms with van der Waals surface area (Å²) in [6.07, 6.45) is 8.93. The summed E-state index contributed by atoms with van der Waals surface area (Å²) in [5.41, 5.74) is 7.20. The van der Waals surface area contributed by atoms with E-state index in [2.05, 4.69) is 95.9 Å². The van der Waals surface area contributed by atoms with Crippen molar-refractivity contribution in [1.29, 1.82) is 0 Å². The second kappa shape index (κ2) is 19.1. The third-order valence-corrected chi connectivity index (χ3v) is 8.23. The van der Waals surface area contributed by atoms with Crippen LogP contribution in [-0.2, 0) is 6.42 Å². The lowest BCUT2D eigenvalue weighted by molar-refractivity contribution is 0.358. The van der Waals surface area contributed by atoms with Crippen LogP contribution in [0.3, 0.4) is 0 Å². The lowest BCUT2D eigenvalue weighted by Crippen LogP contribution is -2.41. The summed E-state index contributed by atoms with van der Waals surface area (Å²) >= 11 is 11.5. The molecule has 6 heteroatoms. The molecule has 0 aliphatic heterocycles. The lowest BCUT2D eigenvalue weighted by atomic mass is 9.89. The van der Waals surface area contributed by atoms with Crippen LogP contribution in [-0.4, -0.2) is 16.5 Å². The molecule has 3 aromatic rings. The number of aromatic amines is 1. The van der Waals surface area contributed by atoms with Crippen molar-refractivity contribution >= 4 is 46.9 Å². The van der Waals surface area contributed by atoms with Crippen LogP contribution in [0.5, 0.6) is 0 Å². The number of nitrogens with zero attached hydrogens (tertiary/aromatic N) is 2. The molecule has 0 aliphatic rings. The molecule has 1 heterocycles. The highest BCUT2D eigenvalue weighted by molar-refractivity contribution is 6.42. The average molecular weight is 643 g/mol. The van der Waals surface area contributed by atoms with E-state index >= 15 is 0 Å². The van der Waals surface area contributed by atoms with Gasteiger partial charge >= 0.3 is 5.69 Å². The van der Waals surface area contributed by atoms with E-state index in [9.17, 15) is 4.79 Å². The predicted octanol–water partition coefficient (Wildman–Crippen LogP) is 10.4. The number of nitrogens with one attached hydrogen (secondary N) is 1. The topological polar surface area (TPSA) is 49.0 Å². The highest BCUT2D eigenvalue weighted by Gasteiger charge is 2.16. The van der Waals surface area contributed by atoms with E-state index in [-0.39, 0.29) is 5.69 Å². The summed E-state index contributed by atoms with van der Waals surface area (Å²) in [7, 11) is 0. The third-order valence-electron chi connectivity index (χ3n) is 7.49. The van der Waals surface area contributed by atoms with E-state index < -0.39 is 0 Å². The molecule has 0 unspecified atom stereocenters. The fraction of sp³-hybridized carbons (Fsp3) is 0.526. The van der Waals surface area contributed by atoms with Crippen LogP contribution >= 0.6 is 23.2 Å². The van der Waals surface area contributed by atoms with Crippen molar-refractivity contribution in [3.63, 3.8) is 0 Å². The van der Waals surface area contributed by atoms with Crippen LogP contribution in [0, 0.1) is 26.2 Å². The fourth-order valence-corrected chi connectivity index (χ4v) is 5.10. The molecule has 1 N–H and O–H groups in total. The Balaban J connectivity index is 0.000000398. The van der Waals surface area contributed by atoms with Crippen LogP contribution in [0.15, 0.2) is 35.1 Å². The molecule has 0 fully saturated rings. The minimum atomic E-state index is -0.337. The maximum atomic E-state index is 12.1. The van der Waals surface area contributed by atoms with Gasteiger partial charge < -0.3 is 9.88 Å². The van der Waals surface area contributed by atoms with E-state index in [0.717, 1.165) is 41.2 Å². The van der Waals surface area contributed by atoms with Crippen molar-refractivity contribution in [3.8, 4) is 0 Å². The number of rotatable bonds is 9. The van der Waals surface area contributed by atoms with Gasteiger partial charge in [0.05, 0.1) is 15.4 Å². The van der Waals surface area contributed by atoms with E-state index in [4.69, 9.17) is 23.2 Å². The summed E-state index contributed by atoms with van der Waals surface area (Å²) < 4.78 is 0. The second-order valence-electron chi connectivity index (χ2n) is 13.1. The van der Waals surface area contributed by atoms with Crippen molar-refractivity contribution in [2.75, 3.05) is 11.4 Å². The van der Waals surface area contributed by atoms with Gasteiger partial charge in [0.1, 0.15) is 5.82 Å². The van der Waals surface area contributed by atoms with Crippen molar-refractivity contribution in [2.24, 2.45) is 5.41 Å². The molecule has 1 aromatic heterocycles. The summed E-state index contributed by atoms with van der Waals surface area (Å²) in [6, 6.07) is 10.0. The molecule has 0 radical (unpaired) electrons. The zero-order chi connectivity index (χ0) is 33.6. The molecule has 3 rings (SSSR count). The summed E-state index contributed by atoms with van der Waals surface area (Å²) in [5.74, 6) is 0.642. The largest absolute Gasteiger partial charge is 0.347 e. The van der Waals surface area contributed by atoms with Crippen molar-refractivity contribution in [1.82, 2.24) is 9.97 Å². The average Bonchev–Trinajstić information content (AvgIpc) is 2.95. The molecule has 0 aliphatic carbocycles. The maximum Gasteiger partial charge on any atom is 0.347 e. The summed E-state index contributed by atoms with van der Waals surface area (Å²) in [6.45, 7) is 28.6. The molecule has 2 aromatic carbocycles. The van der Waals surface area contributed by atoms with Gasteiger partial charge in [-0.2, -0.15) is 4.98 Å². The van der Waals surface area contributed by atoms with Gasteiger partial charge in [0.2, 0.25) is 0 Å². The van der Waals surface area contributed by atoms with E-state index in [1.54, 1.807) is 0 Å². The van der Waals surface area contributed by atoms with E-state index in [1.807, 2.05) is 32.0 Å². The van der Waals surface area contributed by atoms with Crippen molar-refractivity contribution < 1.29 is 0 Å². The van der Waals surface area contributed by atoms with E-state index in [1.165, 1.54) is 54.4 Å². The molecular formula is C38H57Cl2N3O. The number of aryl methyl sites for hydroxylation is 4. The van der Waals surface area contributed by atoms with Crippen LogP contribution in [0.25, 0.3) is 12.2 Å². The van der Waals surface area contributed by atoms with Crippen LogP contribution in [0.4, 0.5) is 11.5 Å². The zero-order valence-corrected chi connectivity index (χ0v) is 30.8. The second-order valence-corrected chi connectivity index (χ2v) is 13.9.